The van der Waals surface area contributed by atoms with Crippen LogP contribution in [0.2, 0.25) is 0 Å². The summed E-state index contributed by atoms with van der Waals surface area (Å²) < 4.78 is 5.53. The van der Waals surface area contributed by atoms with Crippen LogP contribution in [-0.4, -0.2) is 54.5 Å². The summed E-state index contributed by atoms with van der Waals surface area (Å²) in [6.07, 6.45) is 1.87. The third-order valence-electron chi connectivity index (χ3n) is 3.75. The maximum absolute atomic E-state index is 12.2. The molecule has 0 bridgehead atoms. The summed E-state index contributed by atoms with van der Waals surface area (Å²) >= 11 is 0. The van der Waals surface area contributed by atoms with Crippen LogP contribution < -0.4 is 5.32 Å². The lowest BCUT2D eigenvalue weighted by atomic mass is 9.94. The molecule has 118 valence electrons. The zero-order chi connectivity index (χ0) is 15.1. The minimum absolute atomic E-state index is 0.0145. The summed E-state index contributed by atoms with van der Waals surface area (Å²) in [5, 5.41) is 12.1. The molecule has 1 aliphatic rings. The molecule has 0 saturated carbocycles. The molecular weight excluding hydrogens is 256 g/mol. The van der Waals surface area contributed by atoms with Crippen molar-refractivity contribution < 1.29 is 14.6 Å². The fourth-order valence-electron chi connectivity index (χ4n) is 2.67. The number of carbonyl (C=O) groups excluding carboxylic acids is 1. The maximum atomic E-state index is 12.2. The molecule has 1 saturated heterocycles. The van der Waals surface area contributed by atoms with Crippen molar-refractivity contribution in [3.05, 3.63) is 0 Å². The van der Waals surface area contributed by atoms with E-state index in [0.29, 0.717) is 31.5 Å². The average Bonchev–Trinajstić information content (AvgIpc) is 2.38. The van der Waals surface area contributed by atoms with E-state index >= 15 is 0 Å². The molecule has 0 radical (unpaired) electrons. The van der Waals surface area contributed by atoms with Gasteiger partial charge in [0.1, 0.15) is 0 Å². The van der Waals surface area contributed by atoms with Gasteiger partial charge in [-0.1, -0.05) is 13.8 Å². The number of carbonyl (C=O) groups is 1. The minimum Gasteiger partial charge on any atom is -0.396 e. The Balaban J connectivity index is 2.43. The van der Waals surface area contributed by atoms with Gasteiger partial charge in [0.05, 0.1) is 18.8 Å². The fraction of sp³-hybridized carbons (Fsp3) is 0.933. The number of aliphatic hydroxyl groups excluding tert-OH is 1. The van der Waals surface area contributed by atoms with Crippen LogP contribution in [0.25, 0.3) is 0 Å². The monoisotopic (exact) mass is 286 g/mol. The Hall–Kier alpha value is -0.810. The summed E-state index contributed by atoms with van der Waals surface area (Å²) in [4.78, 5) is 14.1. The Bertz CT molecular complexity index is 297. The quantitative estimate of drug-likeness (QED) is 0.783. The molecule has 2 N–H and O–H groups in total. The molecule has 1 rings (SSSR count). The van der Waals surface area contributed by atoms with E-state index in [1.807, 2.05) is 18.7 Å². The summed E-state index contributed by atoms with van der Waals surface area (Å²) in [7, 11) is 0. The molecule has 1 fully saturated rings. The number of amides is 2. The van der Waals surface area contributed by atoms with Crippen LogP contribution >= 0.6 is 0 Å². The van der Waals surface area contributed by atoms with Crippen LogP contribution in [0, 0.1) is 11.8 Å². The molecule has 2 amide bonds. The molecule has 3 atom stereocenters. The first-order chi connectivity index (χ1) is 9.43. The van der Waals surface area contributed by atoms with Crippen molar-refractivity contribution >= 4 is 6.03 Å². The van der Waals surface area contributed by atoms with Crippen molar-refractivity contribution in [2.45, 2.75) is 52.7 Å². The highest BCUT2D eigenvalue weighted by Gasteiger charge is 2.27. The van der Waals surface area contributed by atoms with Gasteiger partial charge in [0.2, 0.25) is 0 Å². The van der Waals surface area contributed by atoms with Crippen molar-refractivity contribution in [2.24, 2.45) is 11.8 Å². The second-order valence-corrected chi connectivity index (χ2v) is 6.34. The highest BCUT2D eigenvalue weighted by Crippen LogP contribution is 2.15. The van der Waals surface area contributed by atoms with Gasteiger partial charge in [-0.05, 0) is 38.5 Å². The molecule has 3 unspecified atom stereocenters. The number of hydrogen-bond acceptors (Lipinski definition) is 3. The Morgan fingerprint density at radius 2 is 2.15 bits per heavy atom. The third-order valence-corrected chi connectivity index (χ3v) is 3.75. The number of urea groups is 1. The number of nitrogens with zero attached hydrogens (tertiary/aromatic N) is 1. The Morgan fingerprint density at radius 3 is 2.75 bits per heavy atom. The smallest absolute Gasteiger partial charge is 0.317 e. The van der Waals surface area contributed by atoms with Crippen LogP contribution in [-0.2, 0) is 4.74 Å². The third kappa shape index (κ3) is 5.67. The maximum Gasteiger partial charge on any atom is 0.317 e. The molecule has 0 aromatic heterocycles. The van der Waals surface area contributed by atoms with E-state index in [4.69, 9.17) is 9.84 Å². The Labute approximate surface area is 122 Å². The van der Waals surface area contributed by atoms with Gasteiger partial charge >= 0.3 is 6.03 Å². The summed E-state index contributed by atoms with van der Waals surface area (Å²) in [6.45, 7) is 10.4. The number of ether oxygens (including phenoxy) is 1. The van der Waals surface area contributed by atoms with Crippen LogP contribution in [0.15, 0.2) is 0 Å². The van der Waals surface area contributed by atoms with Crippen molar-refractivity contribution in [1.29, 1.82) is 0 Å². The molecule has 0 aromatic carbocycles. The molecule has 0 spiro atoms. The molecule has 20 heavy (non-hydrogen) atoms. The molecule has 5 nitrogen and oxygen atoms in total. The number of rotatable bonds is 6. The fourth-order valence-corrected chi connectivity index (χ4v) is 2.67. The van der Waals surface area contributed by atoms with E-state index in [-0.39, 0.29) is 24.8 Å². The van der Waals surface area contributed by atoms with E-state index in [2.05, 4.69) is 19.2 Å². The first kappa shape index (κ1) is 17.2. The van der Waals surface area contributed by atoms with Crippen molar-refractivity contribution in [3.63, 3.8) is 0 Å². The van der Waals surface area contributed by atoms with Crippen molar-refractivity contribution in [3.8, 4) is 0 Å². The lowest BCUT2D eigenvalue weighted by Gasteiger charge is -2.37. The molecule has 5 heteroatoms. The first-order valence-electron chi connectivity index (χ1n) is 7.71. The van der Waals surface area contributed by atoms with Gasteiger partial charge in [0, 0.05) is 19.7 Å². The highest BCUT2D eigenvalue weighted by atomic mass is 16.5. The van der Waals surface area contributed by atoms with Gasteiger partial charge in [0.25, 0.3) is 0 Å². The van der Waals surface area contributed by atoms with Gasteiger partial charge in [-0.3, -0.25) is 0 Å². The predicted octanol–water partition coefficient (Wildman–Crippen LogP) is 1.85. The van der Waals surface area contributed by atoms with Gasteiger partial charge in [-0.2, -0.15) is 0 Å². The second kappa shape index (κ2) is 8.47. The van der Waals surface area contributed by atoms with Crippen LogP contribution in [0.3, 0.4) is 0 Å². The van der Waals surface area contributed by atoms with E-state index in [1.165, 1.54) is 0 Å². The lowest BCUT2D eigenvalue weighted by molar-refractivity contribution is -0.0319. The number of hydrogen-bond donors (Lipinski definition) is 2. The molecular formula is C15H30N2O3. The minimum atomic E-state index is -0.0145. The van der Waals surface area contributed by atoms with Crippen molar-refractivity contribution in [1.82, 2.24) is 10.2 Å². The first-order valence-corrected chi connectivity index (χ1v) is 7.71. The molecule has 0 aromatic rings. The zero-order valence-electron chi connectivity index (χ0n) is 13.3. The number of nitrogens with one attached hydrogen (secondary N) is 1. The van der Waals surface area contributed by atoms with Crippen LogP contribution in [0.5, 0.6) is 0 Å². The summed E-state index contributed by atoms with van der Waals surface area (Å²) in [6, 6.07) is 0.104. The SMILES string of the molecule is CC(C)CC(CCO)CNC(=O)N1CC(C)OCC1C. The van der Waals surface area contributed by atoms with Crippen molar-refractivity contribution in [2.75, 3.05) is 26.3 Å². The Kier molecular flexibility index (Phi) is 7.30. The van der Waals surface area contributed by atoms with E-state index in [0.717, 1.165) is 12.8 Å². The normalized spacial score (nSPS) is 24.8. The van der Waals surface area contributed by atoms with Gasteiger partial charge in [-0.15, -0.1) is 0 Å². The Morgan fingerprint density at radius 1 is 1.45 bits per heavy atom. The second-order valence-electron chi connectivity index (χ2n) is 6.34. The predicted molar refractivity (Wildman–Crippen MR) is 79.6 cm³/mol. The topological polar surface area (TPSA) is 61.8 Å². The zero-order valence-corrected chi connectivity index (χ0v) is 13.3. The van der Waals surface area contributed by atoms with E-state index < -0.39 is 0 Å². The molecule has 1 aliphatic heterocycles. The van der Waals surface area contributed by atoms with E-state index in [9.17, 15) is 4.79 Å². The lowest BCUT2D eigenvalue weighted by Crippen LogP contribution is -2.54. The molecule has 0 aliphatic carbocycles. The standard InChI is InChI=1S/C15H30N2O3/c1-11(2)7-14(5-6-18)8-16-15(19)17-9-13(4)20-10-12(17)3/h11-14,18H,5-10H2,1-4H3,(H,16,19). The largest absolute Gasteiger partial charge is 0.396 e. The van der Waals surface area contributed by atoms with Crippen LogP contribution in [0.4, 0.5) is 4.79 Å². The summed E-state index contributed by atoms with van der Waals surface area (Å²) in [5.41, 5.74) is 0. The highest BCUT2D eigenvalue weighted by molar-refractivity contribution is 5.74. The average molecular weight is 286 g/mol. The van der Waals surface area contributed by atoms with Gasteiger partial charge in [0.15, 0.2) is 0 Å². The molecule has 1 heterocycles. The van der Waals surface area contributed by atoms with Gasteiger partial charge in [-0.25, -0.2) is 4.79 Å². The number of morpholine rings is 1. The summed E-state index contributed by atoms with van der Waals surface area (Å²) in [5.74, 6) is 0.920. The van der Waals surface area contributed by atoms with Crippen LogP contribution in [0.1, 0.15) is 40.5 Å². The van der Waals surface area contributed by atoms with Gasteiger partial charge < -0.3 is 20.1 Å². The number of aliphatic hydroxyl groups is 1. The van der Waals surface area contributed by atoms with E-state index in [1.54, 1.807) is 0 Å².